The second-order valence-corrected chi connectivity index (χ2v) is 6.91. The van der Waals surface area contributed by atoms with Gasteiger partial charge in [-0.2, -0.15) is 0 Å². The Kier molecular flexibility index (Phi) is 4.32. The van der Waals surface area contributed by atoms with Gasteiger partial charge in [0.1, 0.15) is 0 Å². The molecule has 6 heteroatoms. The number of hydrogen-bond acceptors (Lipinski definition) is 4. The van der Waals surface area contributed by atoms with E-state index in [1.54, 1.807) is 13.8 Å². The summed E-state index contributed by atoms with van der Waals surface area (Å²) in [6, 6.07) is 0.158. The molecule has 1 fully saturated rings. The van der Waals surface area contributed by atoms with Gasteiger partial charge in [-0.3, -0.25) is 9.52 Å². The Labute approximate surface area is 96.8 Å². The van der Waals surface area contributed by atoms with Gasteiger partial charge in [-0.25, -0.2) is 8.42 Å². The maximum atomic E-state index is 11.7. The molecule has 0 radical (unpaired) electrons. The minimum absolute atomic E-state index is 0.158. The van der Waals surface area contributed by atoms with E-state index in [1.165, 1.54) is 0 Å². The Balaban J connectivity index is 2.53. The fourth-order valence-corrected chi connectivity index (χ4v) is 2.41. The number of sulfonamides is 1. The molecule has 0 unspecified atom stereocenters. The molecule has 1 saturated carbocycles. The standard InChI is InChI=1S/C10H20N2O3S/c1-7(2)16(14,15)12-10(13)8-3-5-9(11)6-4-8/h7-9H,3-6,11H2,1-2H3,(H,12,13). The minimum atomic E-state index is -3.49. The van der Waals surface area contributed by atoms with E-state index in [9.17, 15) is 13.2 Å². The van der Waals surface area contributed by atoms with Crippen molar-refractivity contribution >= 4 is 15.9 Å². The first-order chi connectivity index (χ1) is 7.33. The average Bonchev–Trinajstić information content (AvgIpc) is 2.17. The molecule has 1 aliphatic rings. The monoisotopic (exact) mass is 248 g/mol. The van der Waals surface area contributed by atoms with Gasteiger partial charge in [0.05, 0.1) is 5.25 Å². The van der Waals surface area contributed by atoms with Crippen molar-refractivity contribution in [1.82, 2.24) is 4.72 Å². The SMILES string of the molecule is CC(C)S(=O)(=O)NC(=O)C1CCC(N)CC1. The fourth-order valence-electron chi connectivity index (χ4n) is 1.72. The van der Waals surface area contributed by atoms with E-state index in [2.05, 4.69) is 4.72 Å². The van der Waals surface area contributed by atoms with Crippen LogP contribution in [0.1, 0.15) is 39.5 Å². The highest BCUT2D eigenvalue weighted by atomic mass is 32.2. The van der Waals surface area contributed by atoms with Crippen LogP contribution < -0.4 is 10.5 Å². The summed E-state index contributed by atoms with van der Waals surface area (Å²) in [5.41, 5.74) is 5.72. The summed E-state index contributed by atoms with van der Waals surface area (Å²) in [6.45, 7) is 3.10. The first kappa shape index (κ1) is 13.4. The predicted octanol–water partition coefficient (Wildman–Crippen LogP) is 0.358. The molecular weight excluding hydrogens is 228 g/mol. The average molecular weight is 248 g/mol. The Morgan fingerprint density at radius 3 is 2.19 bits per heavy atom. The van der Waals surface area contributed by atoms with Crippen molar-refractivity contribution in [2.45, 2.75) is 50.8 Å². The van der Waals surface area contributed by atoms with Crippen LogP contribution in [0.5, 0.6) is 0 Å². The third-order valence-electron chi connectivity index (χ3n) is 3.01. The van der Waals surface area contributed by atoms with Crippen LogP contribution >= 0.6 is 0 Å². The summed E-state index contributed by atoms with van der Waals surface area (Å²) in [4.78, 5) is 11.7. The zero-order valence-electron chi connectivity index (χ0n) is 9.77. The van der Waals surface area contributed by atoms with Gasteiger partial charge in [-0.05, 0) is 39.5 Å². The van der Waals surface area contributed by atoms with Crippen LogP contribution in [-0.4, -0.2) is 25.6 Å². The van der Waals surface area contributed by atoms with Crippen LogP contribution in [0.2, 0.25) is 0 Å². The lowest BCUT2D eigenvalue weighted by Gasteiger charge is -2.25. The molecule has 0 aromatic rings. The van der Waals surface area contributed by atoms with E-state index in [1.807, 2.05) is 0 Å². The second-order valence-electron chi connectivity index (χ2n) is 4.67. The van der Waals surface area contributed by atoms with Crippen LogP contribution in [0.3, 0.4) is 0 Å². The molecule has 1 aliphatic carbocycles. The zero-order chi connectivity index (χ0) is 12.3. The lowest BCUT2D eigenvalue weighted by atomic mass is 9.86. The third-order valence-corrected chi connectivity index (χ3v) is 4.73. The van der Waals surface area contributed by atoms with E-state index < -0.39 is 15.3 Å². The molecule has 0 aliphatic heterocycles. The highest BCUT2D eigenvalue weighted by Crippen LogP contribution is 2.23. The topological polar surface area (TPSA) is 89.3 Å². The number of carbonyl (C=O) groups excluding carboxylic acids is 1. The van der Waals surface area contributed by atoms with Crippen molar-refractivity contribution in [1.29, 1.82) is 0 Å². The van der Waals surface area contributed by atoms with Crippen LogP contribution in [0.4, 0.5) is 0 Å². The second kappa shape index (κ2) is 5.14. The molecule has 0 heterocycles. The molecule has 3 N–H and O–H groups in total. The quantitative estimate of drug-likeness (QED) is 0.754. The summed E-state index contributed by atoms with van der Waals surface area (Å²) in [5, 5.41) is -0.581. The van der Waals surface area contributed by atoms with Gasteiger partial charge in [-0.1, -0.05) is 0 Å². The molecule has 1 rings (SSSR count). The summed E-state index contributed by atoms with van der Waals surface area (Å²) in [7, 11) is -3.49. The number of carbonyl (C=O) groups is 1. The number of hydrogen-bond donors (Lipinski definition) is 2. The van der Waals surface area contributed by atoms with Gasteiger partial charge in [0.25, 0.3) is 0 Å². The van der Waals surface area contributed by atoms with Gasteiger partial charge in [0, 0.05) is 12.0 Å². The predicted molar refractivity (Wildman–Crippen MR) is 62.1 cm³/mol. The molecule has 1 amide bonds. The van der Waals surface area contributed by atoms with E-state index in [0.717, 1.165) is 12.8 Å². The zero-order valence-corrected chi connectivity index (χ0v) is 10.6. The Hall–Kier alpha value is -0.620. The molecule has 16 heavy (non-hydrogen) atoms. The molecule has 94 valence electrons. The van der Waals surface area contributed by atoms with Gasteiger partial charge in [0.2, 0.25) is 15.9 Å². The molecular formula is C10H20N2O3S. The van der Waals surface area contributed by atoms with Crippen LogP contribution in [0.25, 0.3) is 0 Å². The maximum absolute atomic E-state index is 11.7. The van der Waals surface area contributed by atoms with E-state index >= 15 is 0 Å². The number of amides is 1. The van der Waals surface area contributed by atoms with Gasteiger partial charge < -0.3 is 5.73 Å². The van der Waals surface area contributed by atoms with Crippen molar-refractivity contribution < 1.29 is 13.2 Å². The first-order valence-electron chi connectivity index (χ1n) is 5.64. The minimum Gasteiger partial charge on any atom is -0.328 e. The Morgan fingerprint density at radius 2 is 1.75 bits per heavy atom. The first-order valence-corrected chi connectivity index (χ1v) is 7.18. The fraction of sp³-hybridized carbons (Fsp3) is 0.900. The van der Waals surface area contributed by atoms with Crippen molar-refractivity contribution in [3.05, 3.63) is 0 Å². The van der Waals surface area contributed by atoms with Crippen LogP contribution in [0, 0.1) is 5.92 Å². The smallest absolute Gasteiger partial charge is 0.237 e. The normalized spacial score (nSPS) is 26.8. The molecule has 0 aromatic heterocycles. The van der Waals surface area contributed by atoms with Crippen LogP contribution in [0.15, 0.2) is 0 Å². The highest BCUT2D eigenvalue weighted by Gasteiger charge is 2.28. The molecule has 0 saturated heterocycles. The van der Waals surface area contributed by atoms with E-state index in [0.29, 0.717) is 12.8 Å². The Morgan fingerprint density at radius 1 is 1.25 bits per heavy atom. The van der Waals surface area contributed by atoms with Crippen molar-refractivity contribution in [2.75, 3.05) is 0 Å². The van der Waals surface area contributed by atoms with Gasteiger partial charge in [-0.15, -0.1) is 0 Å². The van der Waals surface area contributed by atoms with Crippen LogP contribution in [-0.2, 0) is 14.8 Å². The summed E-state index contributed by atoms with van der Waals surface area (Å²) in [6.07, 6.45) is 2.95. The number of nitrogens with two attached hydrogens (primary N) is 1. The summed E-state index contributed by atoms with van der Waals surface area (Å²) < 4.78 is 25.1. The molecule has 0 aromatic carbocycles. The molecule has 0 bridgehead atoms. The van der Waals surface area contributed by atoms with E-state index in [-0.39, 0.29) is 17.9 Å². The number of nitrogens with one attached hydrogen (secondary N) is 1. The summed E-state index contributed by atoms with van der Waals surface area (Å²) in [5.74, 6) is -0.575. The highest BCUT2D eigenvalue weighted by molar-refractivity contribution is 7.90. The van der Waals surface area contributed by atoms with Gasteiger partial charge >= 0.3 is 0 Å². The Bertz CT molecular complexity index is 343. The number of rotatable bonds is 3. The van der Waals surface area contributed by atoms with Gasteiger partial charge in [0.15, 0.2) is 0 Å². The molecule has 0 atom stereocenters. The summed E-state index contributed by atoms with van der Waals surface area (Å²) >= 11 is 0. The maximum Gasteiger partial charge on any atom is 0.237 e. The van der Waals surface area contributed by atoms with Crippen molar-refractivity contribution in [3.63, 3.8) is 0 Å². The van der Waals surface area contributed by atoms with E-state index in [4.69, 9.17) is 5.73 Å². The largest absolute Gasteiger partial charge is 0.328 e. The third kappa shape index (κ3) is 3.45. The lowest BCUT2D eigenvalue weighted by molar-refractivity contribution is -0.124. The lowest BCUT2D eigenvalue weighted by Crippen LogP contribution is -2.41. The van der Waals surface area contributed by atoms with Crippen molar-refractivity contribution in [2.24, 2.45) is 11.7 Å². The van der Waals surface area contributed by atoms with Crippen molar-refractivity contribution in [3.8, 4) is 0 Å². The molecule has 5 nitrogen and oxygen atoms in total. The molecule has 0 spiro atoms.